The Morgan fingerprint density at radius 3 is 2.61 bits per heavy atom. The molecule has 0 radical (unpaired) electrons. The van der Waals surface area contributed by atoms with Crippen molar-refractivity contribution in [1.29, 1.82) is 0 Å². The third-order valence-corrected chi connectivity index (χ3v) is 6.03. The van der Waals surface area contributed by atoms with Crippen molar-refractivity contribution in [3.63, 3.8) is 0 Å². The zero-order valence-electron chi connectivity index (χ0n) is 18.5. The number of likely N-dealkylation sites (N-methyl/N-ethyl adjacent to an activating group) is 1. The number of anilines is 2. The fourth-order valence-electron chi connectivity index (χ4n) is 4.68. The molecule has 6 nitrogen and oxygen atoms in total. The highest BCUT2D eigenvalue weighted by atomic mass is 16.5. The van der Waals surface area contributed by atoms with Gasteiger partial charge in [-0.05, 0) is 30.0 Å². The maximum atomic E-state index is 13.6. The molecule has 0 aromatic heterocycles. The van der Waals surface area contributed by atoms with Gasteiger partial charge in [0.1, 0.15) is 5.75 Å². The first kappa shape index (κ1) is 21.0. The number of fused-ring (bicyclic) bond motifs is 1. The number of rotatable bonds is 4. The van der Waals surface area contributed by atoms with Gasteiger partial charge in [-0.25, -0.2) is 0 Å². The molecular weight excluding hydrogens is 390 g/mol. The number of hydrogen-bond donors (Lipinski definition) is 2. The van der Waals surface area contributed by atoms with Crippen molar-refractivity contribution in [2.24, 2.45) is 5.41 Å². The van der Waals surface area contributed by atoms with Crippen molar-refractivity contribution in [3.8, 4) is 5.75 Å². The molecule has 1 heterocycles. The van der Waals surface area contributed by atoms with Gasteiger partial charge in [-0.2, -0.15) is 0 Å². The molecule has 1 aliphatic carbocycles. The first-order chi connectivity index (χ1) is 14.8. The van der Waals surface area contributed by atoms with E-state index in [1.807, 2.05) is 53.4 Å². The molecule has 4 rings (SSSR count). The predicted octanol–water partition coefficient (Wildman–Crippen LogP) is 4.06. The second-order valence-electron chi connectivity index (χ2n) is 8.92. The van der Waals surface area contributed by atoms with E-state index >= 15 is 0 Å². The van der Waals surface area contributed by atoms with Crippen LogP contribution < -0.4 is 20.3 Å². The van der Waals surface area contributed by atoms with E-state index in [0.29, 0.717) is 17.7 Å². The lowest BCUT2D eigenvalue weighted by atomic mass is 9.73. The minimum Gasteiger partial charge on any atom is -0.496 e. The molecule has 2 aromatic carbocycles. The van der Waals surface area contributed by atoms with Crippen molar-refractivity contribution in [2.75, 3.05) is 30.9 Å². The van der Waals surface area contributed by atoms with Gasteiger partial charge >= 0.3 is 0 Å². The van der Waals surface area contributed by atoms with E-state index in [-0.39, 0.29) is 23.7 Å². The Balaban J connectivity index is 2.00. The molecule has 0 saturated carbocycles. The third kappa shape index (κ3) is 3.90. The number of methoxy groups -OCH3 is 1. The molecule has 0 spiro atoms. The van der Waals surface area contributed by atoms with Gasteiger partial charge in [0.05, 0.1) is 31.1 Å². The molecule has 6 heteroatoms. The van der Waals surface area contributed by atoms with Crippen LogP contribution in [0.1, 0.15) is 38.3 Å². The van der Waals surface area contributed by atoms with Crippen LogP contribution in [0, 0.1) is 5.41 Å². The number of ketones is 1. The molecule has 31 heavy (non-hydrogen) atoms. The summed E-state index contributed by atoms with van der Waals surface area (Å²) < 4.78 is 5.68. The first-order valence-corrected chi connectivity index (χ1v) is 10.6. The molecule has 2 N–H and O–H groups in total. The van der Waals surface area contributed by atoms with Crippen molar-refractivity contribution in [2.45, 2.75) is 32.7 Å². The predicted molar refractivity (Wildman–Crippen MR) is 122 cm³/mol. The van der Waals surface area contributed by atoms with E-state index in [1.165, 1.54) is 0 Å². The molecule has 162 valence electrons. The lowest BCUT2D eigenvalue weighted by Gasteiger charge is -2.38. The second-order valence-corrected chi connectivity index (χ2v) is 8.92. The highest BCUT2D eigenvalue weighted by molar-refractivity contribution is 6.02. The van der Waals surface area contributed by atoms with Crippen LogP contribution in [0.2, 0.25) is 0 Å². The molecule has 1 atom stereocenters. The molecule has 0 unspecified atom stereocenters. The average molecular weight is 420 g/mol. The number of carbonyl (C=O) groups excluding carboxylic acids is 2. The van der Waals surface area contributed by atoms with Crippen molar-refractivity contribution in [1.82, 2.24) is 5.32 Å². The molecule has 2 aliphatic rings. The fraction of sp³-hybridized carbons (Fsp3) is 0.360. The minimum absolute atomic E-state index is 0.101. The van der Waals surface area contributed by atoms with Gasteiger partial charge in [0.25, 0.3) is 0 Å². The van der Waals surface area contributed by atoms with Crippen LogP contribution in [-0.4, -0.2) is 32.4 Å². The number of carbonyl (C=O) groups is 2. The molecule has 2 aromatic rings. The number of Topliss-reactive ketones (excluding diaryl/α,β-unsaturated/α-hetero) is 1. The number of hydrogen-bond acceptors (Lipinski definition) is 5. The maximum absolute atomic E-state index is 13.6. The highest BCUT2D eigenvalue weighted by Gasteiger charge is 2.42. The Labute approximate surface area is 183 Å². The Bertz CT molecular complexity index is 1060. The average Bonchev–Trinajstić information content (AvgIpc) is 2.87. The summed E-state index contributed by atoms with van der Waals surface area (Å²) in [6, 6.07) is 15.2. The van der Waals surface area contributed by atoms with Gasteiger partial charge in [-0.1, -0.05) is 44.2 Å². The van der Waals surface area contributed by atoms with Gasteiger partial charge in [-0.15, -0.1) is 0 Å². The Kier molecular flexibility index (Phi) is 5.48. The molecule has 0 fully saturated rings. The van der Waals surface area contributed by atoms with Crippen molar-refractivity contribution >= 4 is 23.1 Å². The summed E-state index contributed by atoms with van der Waals surface area (Å²) in [7, 11) is 3.26. The zero-order valence-corrected chi connectivity index (χ0v) is 18.5. The van der Waals surface area contributed by atoms with E-state index in [1.54, 1.807) is 14.2 Å². The number of para-hydroxylation sites is 3. The summed E-state index contributed by atoms with van der Waals surface area (Å²) in [4.78, 5) is 28.2. The Morgan fingerprint density at radius 1 is 1.16 bits per heavy atom. The smallest absolute Gasteiger partial charge is 0.239 e. The van der Waals surface area contributed by atoms with E-state index in [2.05, 4.69) is 24.5 Å². The zero-order chi connectivity index (χ0) is 22.2. The standard InChI is InChI=1S/C25H29N3O3/c1-25(2)13-18-23(20(29)14-25)24(16-9-5-8-12-21(16)31-4)28(15-22(30)26-3)19-11-7-6-10-17(19)27-18/h5-12,24,27H,13-15H2,1-4H3,(H,26,30)/t24-/m0/s1. The summed E-state index contributed by atoms with van der Waals surface area (Å²) in [5.41, 5.74) is 4.13. The van der Waals surface area contributed by atoms with E-state index in [0.717, 1.165) is 29.1 Å². The van der Waals surface area contributed by atoms with Crippen LogP contribution in [0.25, 0.3) is 0 Å². The van der Waals surface area contributed by atoms with Crippen LogP contribution >= 0.6 is 0 Å². The van der Waals surface area contributed by atoms with Gasteiger partial charge in [0.2, 0.25) is 5.91 Å². The van der Waals surface area contributed by atoms with Crippen LogP contribution in [0.4, 0.5) is 11.4 Å². The van der Waals surface area contributed by atoms with Gasteiger partial charge in [0, 0.05) is 30.3 Å². The SMILES string of the molecule is CNC(=O)CN1c2ccccc2NC2=C(C(=O)CC(C)(C)C2)[C@@H]1c1ccccc1OC. The normalized spacial score (nSPS) is 19.7. The van der Waals surface area contributed by atoms with Crippen molar-refractivity contribution in [3.05, 3.63) is 65.4 Å². The fourth-order valence-corrected chi connectivity index (χ4v) is 4.68. The number of nitrogens with zero attached hydrogens (tertiary/aromatic N) is 1. The lowest BCUT2D eigenvalue weighted by molar-refractivity contribution is -0.120. The molecule has 0 bridgehead atoms. The summed E-state index contributed by atoms with van der Waals surface area (Å²) >= 11 is 0. The molecule has 1 amide bonds. The highest BCUT2D eigenvalue weighted by Crippen LogP contribution is 2.49. The number of nitrogens with one attached hydrogen (secondary N) is 2. The van der Waals surface area contributed by atoms with Crippen LogP contribution in [0.3, 0.4) is 0 Å². The Hall–Kier alpha value is -3.28. The number of ether oxygens (including phenoxy) is 1. The summed E-state index contributed by atoms with van der Waals surface area (Å²) in [5, 5.41) is 6.28. The third-order valence-electron chi connectivity index (χ3n) is 6.03. The second kappa shape index (κ2) is 8.10. The van der Waals surface area contributed by atoms with Crippen LogP contribution in [0.5, 0.6) is 5.75 Å². The minimum atomic E-state index is -0.441. The largest absolute Gasteiger partial charge is 0.496 e. The topological polar surface area (TPSA) is 70.7 Å². The van der Waals surface area contributed by atoms with Gasteiger partial charge < -0.3 is 20.3 Å². The quantitative estimate of drug-likeness (QED) is 0.782. The van der Waals surface area contributed by atoms with E-state index in [4.69, 9.17) is 4.74 Å². The summed E-state index contributed by atoms with van der Waals surface area (Å²) in [6.07, 6.45) is 1.21. The molecule has 1 aliphatic heterocycles. The summed E-state index contributed by atoms with van der Waals surface area (Å²) in [6.45, 7) is 4.35. The number of amides is 1. The van der Waals surface area contributed by atoms with Crippen LogP contribution in [0.15, 0.2) is 59.8 Å². The Morgan fingerprint density at radius 2 is 1.87 bits per heavy atom. The van der Waals surface area contributed by atoms with E-state index < -0.39 is 6.04 Å². The molecular formula is C25H29N3O3. The molecule has 0 saturated heterocycles. The monoisotopic (exact) mass is 419 g/mol. The van der Waals surface area contributed by atoms with Crippen LogP contribution in [-0.2, 0) is 9.59 Å². The van der Waals surface area contributed by atoms with Gasteiger partial charge in [0.15, 0.2) is 5.78 Å². The van der Waals surface area contributed by atoms with Gasteiger partial charge in [-0.3, -0.25) is 9.59 Å². The maximum Gasteiger partial charge on any atom is 0.239 e. The van der Waals surface area contributed by atoms with Crippen molar-refractivity contribution < 1.29 is 14.3 Å². The first-order valence-electron chi connectivity index (χ1n) is 10.6. The summed E-state index contributed by atoms with van der Waals surface area (Å²) in [5.74, 6) is 0.671. The van der Waals surface area contributed by atoms with E-state index in [9.17, 15) is 9.59 Å². The number of allylic oxidation sites excluding steroid dienone is 1. The number of benzene rings is 2. The lowest BCUT2D eigenvalue weighted by Crippen LogP contribution is -2.41.